The Kier molecular flexibility index (Phi) is 4.81. The molecule has 5 heteroatoms. The third kappa shape index (κ3) is 3.51. The fourth-order valence-corrected chi connectivity index (χ4v) is 4.03. The molecule has 0 fully saturated rings. The zero-order valence-corrected chi connectivity index (χ0v) is 14.1. The van der Waals surface area contributed by atoms with Crippen molar-refractivity contribution in [2.24, 2.45) is 0 Å². The van der Waals surface area contributed by atoms with Gasteiger partial charge in [-0.05, 0) is 42.0 Å². The van der Waals surface area contributed by atoms with Gasteiger partial charge in [0.15, 0.2) is 0 Å². The Morgan fingerprint density at radius 3 is 3.05 bits per heavy atom. The van der Waals surface area contributed by atoms with Crippen LogP contribution in [-0.4, -0.2) is 23.9 Å². The van der Waals surface area contributed by atoms with Crippen molar-refractivity contribution in [3.8, 4) is 0 Å². The normalized spacial score (nSPS) is 16.1. The Balaban J connectivity index is 1.56. The van der Waals surface area contributed by atoms with E-state index in [9.17, 15) is 4.79 Å². The Morgan fingerprint density at radius 2 is 2.23 bits per heavy atom. The molecule has 0 radical (unpaired) electrons. The molecule has 22 heavy (non-hydrogen) atoms. The van der Waals surface area contributed by atoms with Crippen LogP contribution < -0.4 is 5.32 Å². The van der Waals surface area contributed by atoms with Gasteiger partial charge in [0.05, 0.1) is 12.6 Å². The first-order valence-electron chi connectivity index (χ1n) is 7.45. The second-order valence-corrected chi connectivity index (χ2v) is 7.05. The highest BCUT2D eigenvalue weighted by atomic mass is 35.5. The average molecular weight is 335 g/mol. The predicted molar refractivity (Wildman–Crippen MR) is 91.3 cm³/mol. The molecule has 1 aromatic carbocycles. The van der Waals surface area contributed by atoms with Gasteiger partial charge in [-0.3, -0.25) is 9.69 Å². The lowest BCUT2D eigenvalue weighted by atomic mass is 10.1. The molecule has 0 spiro atoms. The monoisotopic (exact) mass is 334 g/mol. The minimum Gasteiger partial charge on any atom is -0.348 e. The highest BCUT2D eigenvalue weighted by Gasteiger charge is 2.20. The summed E-state index contributed by atoms with van der Waals surface area (Å²) in [4.78, 5) is 15.9. The van der Waals surface area contributed by atoms with Crippen molar-refractivity contribution in [2.75, 3.05) is 13.1 Å². The van der Waals surface area contributed by atoms with Gasteiger partial charge in [-0.2, -0.15) is 0 Å². The topological polar surface area (TPSA) is 32.3 Å². The molecule has 2 aromatic rings. The van der Waals surface area contributed by atoms with Crippen LogP contribution in [-0.2, 0) is 17.8 Å². The van der Waals surface area contributed by atoms with E-state index in [0.29, 0.717) is 11.6 Å². The van der Waals surface area contributed by atoms with Gasteiger partial charge in [0.25, 0.3) is 0 Å². The number of fused-ring (bicyclic) bond motifs is 1. The maximum atomic E-state index is 12.3. The summed E-state index contributed by atoms with van der Waals surface area (Å²) in [5.41, 5.74) is 2.32. The van der Waals surface area contributed by atoms with Gasteiger partial charge >= 0.3 is 0 Å². The van der Waals surface area contributed by atoms with E-state index in [0.717, 1.165) is 25.1 Å². The fourth-order valence-electron chi connectivity index (χ4n) is 2.84. The van der Waals surface area contributed by atoms with E-state index >= 15 is 0 Å². The lowest BCUT2D eigenvalue weighted by molar-refractivity contribution is -0.123. The van der Waals surface area contributed by atoms with E-state index in [2.05, 4.69) is 21.7 Å². The number of carbonyl (C=O) groups is 1. The van der Waals surface area contributed by atoms with Crippen LogP contribution >= 0.6 is 22.9 Å². The van der Waals surface area contributed by atoms with Crippen molar-refractivity contribution in [1.29, 1.82) is 0 Å². The van der Waals surface area contributed by atoms with E-state index in [1.165, 1.54) is 10.4 Å². The molecular weight excluding hydrogens is 316 g/mol. The molecule has 1 amide bonds. The number of halogens is 1. The molecule has 0 saturated heterocycles. The van der Waals surface area contributed by atoms with Gasteiger partial charge in [0.2, 0.25) is 5.91 Å². The molecule has 1 aromatic heterocycles. The molecule has 116 valence electrons. The lowest BCUT2D eigenvalue weighted by Crippen LogP contribution is -2.40. The van der Waals surface area contributed by atoms with Crippen LogP contribution in [0.5, 0.6) is 0 Å². The minimum atomic E-state index is -0.0808. The number of thiophene rings is 1. The highest BCUT2D eigenvalue weighted by Crippen LogP contribution is 2.24. The Labute approximate surface area is 139 Å². The zero-order valence-electron chi connectivity index (χ0n) is 12.5. The molecule has 0 saturated carbocycles. The molecule has 1 aliphatic rings. The van der Waals surface area contributed by atoms with E-state index in [1.807, 2.05) is 42.5 Å². The van der Waals surface area contributed by atoms with Crippen molar-refractivity contribution < 1.29 is 4.79 Å². The summed E-state index contributed by atoms with van der Waals surface area (Å²) in [5.74, 6) is 0.0473. The fraction of sp³-hybridized carbons (Fsp3) is 0.353. The number of rotatable bonds is 4. The first-order chi connectivity index (χ1) is 10.6. The average Bonchev–Trinajstić information content (AvgIpc) is 2.95. The van der Waals surface area contributed by atoms with Gasteiger partial charge in [-0.15, -0.1) is 11.3 Å². The Hall–Kier alpha value is -1.36. The summed E-state index contributed by atoms with van der Waals surface area (Å²) in [6, 6.07) is 9.71. The third-order valence-corrected chi connectivity index (χ3v) is 5.37. The van der Waals surface area contributed by atoms with Crippen LogP contribution in [0.2, 0.25) is 5.02 Å². The van der Waals surface area contributed by atoms with Crippen molar-refractivity contribution in [3.05, 3.63) is 56.7 Å². The van der Waals surface area contributed by atoms with Gasteiger partial charge < -0.3 is 5.32 Å². The number of hydrogen-bond donors (Lipinski definition) is 1. The van der Waals surface area contributed by atoms with Gasteiger partial charge in [-0.1, -0.05) is 29.8 Å². The SMILES string of the molecule is CC(NC(=O)CN1CCc2sccc2C1)c1ccccc1Cl. The van der Waals surface area contributed by atoms with Crippen LogP contribution in [0, 0.1) is 0 Å². The quantitative estimate of drug-likeness (QED) is 0.925. The molecular formula is C17H19ClN2OS. The van der Waals surface area contributed by atoms with E-state index in [-0.39, 0.29) is 11.9 Å². The standard InChI is InChI=1S/C17H19ClN2OS/c1-12(14-4-2-3-5-15(14)18)19-17(21)11-20-8-6-16-13(10-20)7-9-22-16/h2-5,7,9,12H,6,8,10-11H2,1H3,(H,19,21). The summed E-state index contributed by atoms with van der Waals surface area (Å²) in [5, 5.41) is 5.86. The number of benzene rings is 1. The molecule has 1 N–H and O–H groups in total. The maximum absolute atomic E-state index is 12.3. The summed E-state index contributed by atoms with van der Waals surface area (Å²) < 4.78 is 0. The first-order valence-corrected chi connectivity index (χ1v) is 8.70. The largest absolute Gasteiger partial charge is 0.348 e. The molecule has 0 aliphatic carbocycles. The molecule has 1 aliphatic heterocycles. The molecule has 1 unspecified atom stereocenters. The minimum absolute atomic E-state index is 0.0473. The Bertz CT molecular complexity index is 670. The summed E-state index contributed by atoms with van der Waals surface area (Å²) in [6.45, 7) is 4.21. The molecule has 3 nitrogen and oxygen atoms in total. The molecule has 2 heterocycles. The van der Waals surface area contributed by atoms with Crippen LogP contribution in [0.1, 0.15) is 29.0 Å². The Morgan fingerprint density at radius 1 is 1.41 bits per heavy atom. The van der Waals surface area contributed by atoms with Crippen LogP contribution in [0.25, 0.3) is 0 Å². The van der Waals surface area contributed by atoms with Crippen molar-refractivity contribution in [2.45, 2.75) is 25.9 Å². The summed E-state index contributed by atoms with van der Waals surface area (Å²) >= 11 is 7.99. The number of amides is 1. The highest BCUT2D eigenvalue weighted by molar-refractivity contribution is 7.10. The van der Waals surface area contributed by atoms with E-state index < -0.39 is 0 Å². The number of nitrogens with zero attached hydrogens (tertiary/aromatic N) is 1. The number of nitrogens with one attached hydrogen (secondary N) is 1. The van der Waals surface area contributed by atoms with Crippen LogP contribution in [0.4, 0.5) is 0 Å². The van der Waals surface area contributed by atoms with Gasteiger partial charge in [0.1, 0.15) is 0 Å². The smallest absolute Gasteiger partial charge is 0.234 e. The van der Waals surface area contributed by atoms with Crippen molar-refractivity contribution in [3.63, 3.8) is 0 Å². The van der Waals surface area contributed by atoms with Crippen LogP contribution in [0.15, 0.2) is 35.7 Å². The van der Waals surface area contributed by atoms with E-state index in [1.54, 1.807) is 0 Å². The first kappa shape index (κ1) is 15.5. The lowest BCUT2D eigenvalue weighted by Gasteiger charge is -2.27. The zero-order chi connectivity index (χ0) is 15.5. The third-order valence-electron chi connectivity index (χ3n) is 4.00. The number of hydrogen-bond acceptors (Lipinski definition) is 3. The van der Waals surface area contributed by atoms with Gasteiger partial charge in [-0.25, -0.2) is 0 Å². The van der Waals surface area contributed by atoms with Crippen molar-refractivity contribution in [1.82, 2.24) is 10.2 Å². The molecule has 0 bridgehead atoms. The van der Waals surface area contributed by atoms with E-state index in [4.69, 9.17) is 11.6 Å². The number of carbonyl (C=O) groups excluding carboxylic acids is 1. The van der Waals surface area contributed by atoms with Gasteiger partial charge in [0, 0.05) is 23.0 Å². The molecule has 3 rings (SSSR count). The second-order valence-electron chi connectivity index (χ2n) is 5.64. The maximum Gasteiger partial charge on any atom is 0.234 e. The second kappa shape index (κ2) is 6.82. The van der Waals surface area contributed by atoms with Crippen LogP contribution in [0.3, 0.4) is 0 Å². The van der Waals surface area contributed by atoms with Crippen molar-refractivity contribution >= 4 is 28.8 Å². The molecule has 1 atom stereocenters. The predicted octanol–water partition coefficient (Wildman–Crippen LogP) is 3.64. The summed E-state index contributed by atoms with van der Waals surface area (Å²) in [7, 11) is 0. The summed E-state index contributed by atoms with van der Waals surface area (Å²) in [6.07, 6.45) is 1.04.